The van der Waals surface area contributed by atoms with Crippen LogP contribution in [0, 0.1) is 0 Å². The average Bonchev–Trinajstić information content (AvgIpc) is 2.82. The summed E-state index contributed by atoms with van der Waals surface area (Å²) in [6.07, 6.45) is 3.47. The fraction of sp³-hybridized carbons (Fsp3) is 0.333. The van der Waals surface area contributed by atoms with Gasteiger partial charge in [0.2, 0.25) is 0 Å². The minimum Gasteiger partial charge on any atom is -0.481 e. The third-order valence-electron chi connectivity index (χ3n) is 2.01. The SMILES string of the molecule is Cn1cc(-c2nc(SCC(=O)O)n(C)n2)cn1. The highest BCUT2D eigenvalue weighted by atomic mass is 32.2. The minimum atomic E-state index is -0.874. The van der Waals surface area contributed by atoms with Gasteiger partial charge in [-0.15, -0.1) is 0 Å². The van der Waals surface area contributed by atoms with E-state index in [4.69, 9.17) is 5.11 Å². The monoisotopic (exact) mass is 253 g/mol. The Balaban J connectivity index is 2.21. The second-order valence-corrected chi connectivity index (χ2v) is 4.37. The third kappa shape index (κ3) is 2.64. The van der Waals surface area contributed by atoms with E-state index in [0.717, 1.165) is 17.3 Å². The van der Waals surface area contributed by atoms with Crippen molar-refractivity contribution in [3.8, 4) is 11.4 Å². The van der Waals surface area contributed by atoms with Crippen LogP contribution in [0.4, 0.5) is 0 Å². The molecule has 0 unspecified atom stereocenters. The van der Waals surface area contributed by atoms with Crippen LogP contribution in [0.15, 0.2) is 17.6 Å². The van der Waals surface area contributed by atoms with Crippen LogP contribution < -0.4 is 0 Å². The van der Waals surface area contributed by atoms with Crippen LogP contribution in [0.2, 0.25) is 0 Å². The molecule has 0 aliphatic heterocycles. The summed E-state index contributed by atoms with van der Waals surface area (Å²) < 4.78 is 3.23. The topological polar surface area (TPSA) is 85.8 Å². The van der Waals surface area contributed by atoms with Gasteiger partial charge in [-0.2, -0.15) is 10.2 Å². The molecule has 0 aliphatic rings. The van der Waals surface area contributed by atoms with Crippen LogP contribution in [0.3, 0.4) is 0 Å². The molecule has 8 heteroatoms. The van der Waals surface area contributed by atoms with Gasteiger partial charge < -0.3 is 5.11 Å². The lowest BCUT2D eigenvalue weighted by Crippen LogP contribution is -2.00. The Hall–Kier alpha value is -1.83. The van der Waals surface area contributed by atoms with E-state index >= 15 is 0 Å². The van der Waals surface area contributed by atoms with Crippen molar-refractivity contribution in [2.75, 3.05) is 5.75 Å². The first-order valence-corrected chi connectivity index (χ1v) is 5.79. The molecule has 17 heavy (non-hydrogen) atoms. The lowest BCUT2D eigenvalue weighted by molar-refractivity contribution is -0.133. The zero-order valence-electron chi connectivity index (χ0n) is 9.36. The first-order valence-electron chi connectivity index (χ1n) is 4.81. The number of thioether (sulfide) groups is 1. The lowest BCUT2D eigenvalue weighted by atomic mass is 10.3. The smallest absolute Gasteiger partial charge is 0.313 e. The van der Waals surface area contributed by atoms with Crippen LogP contribution in [0.1, 0.15) is 0 Å². The molecule has 0 atom stereocenters. The summed E-state index contributed by atoms with van der Waals surface area (Å²) in [7, 11) is 3.55. The number of nitrogens with zero attached hydrogens (tertiary/aromatic N) is 5. The Morgan fingerprint density at radius 1 is 1.53 bits per heavy atom. The number of aliphatic carboxylic acids is 1. The van der Waals surface area contributed by atoms with Gasteiger partial charge in [-0.3, -0.25) is 9.48 Å². The van der Waals surface area contributed by atoms with Gasteiger partial charge in [0.15, 0.2) is 11.0 Å². The van der Waals surface area contributed by atoms with Crippen molar-refractivity contribution in [2.45, 2.75) is 5.16 Å². The molecular weight excluding hydrogens is 242 g/mol. The Morgan fingerprint density at radius 3 is 2.88 bits per heavy atom. The summed E-state index contributed by atoms with van der Waals surface area (Å²) in [5.74, 6) is -0.353. The highest BCUT2D eigenvalue weighted by molar-refractivity contribution is 7.99. The molecule has 0 saturated carbocycles. The van der Waals surface area contributed by atoms with E-state index in [1.165, 1.54) is 0 Å². The van der Waals surface area contributed by atoms with Crippen molar-refractivity contribution < 1.29 is 9.90 Å². The molecule has 0 amide bonds. The second-order valence-electron chi connectivity index (χ2n) is 3.43. The van der Waals surface area contributed by atoms with Crippen molar-refractivity contribution in [3.63, 3.8) is 0 Å². The van der Waals surface area contributed by atoms with Crippen molar-refractivity contribution in [1.29, 1.82) is 0 Å². The maximum absolute atomic E-state index is 10.5. The van der Waals surface area contributed by atoms with Crippen LogP contribution in [0.5, 0.6) is 0 Å². The zero-order chi connectivity index (χ0) is 12.4. The summed E-state index contributed by atoms with van der Waals surface area (Å²) in [5, 5.41) is 17.4. The summed E-state index contributed by atoms with van der Waals surface area (Å²) in [5.41, 5.74) is 0.810. The molecule has 7 nitrogen and oxygen atoms in total. The molecule has 0 radical (unpaired) electrons. The van der Waals surface area contributed by atoms with Crippen molar-refractivity contribution in [3.05, 3.63) is 12.4 Å². The third-order valence-corrected chi connectivity index (χ3v) is 3.02. The molecule has 0 bridgehead atoms. The van der Waals surface area contributed by atoms with Crippen LogP contribution in [0.25, 0.3) is 11.4 Å². The molecule has 0 aromatic carbocycles. The summed E-state index contributed by atoms with van der Waals surface area (Å²) in [6.45, 7) is 0. The Bertz CT molecular complexity index is 547. The van der Waals surface area contributed by atoms with Gasteiger partial charge in [0.05, 0.1) is 17.5 Å². The molecule has 0 saturated heterocycles. The number of carboxylic acid groups (broad SMARTS) is 1. The minimum absolute atomic E-state index is 0.0288. The number of hydrogen-bond acceptors (Lipinski definition) is 5. The van der Waals surface area contributed by atoms with Gasteiger partial charge in [0, 0.05) is 20.3 Å². The molecule has 0 fully saturated rings. The van der Waals surface area contributed by atoms with E-state index in [0.29, 0.717) is 11.0 Å². The first-order chi connectivity index (χ1) is 8.06. The van der Waals surface area contributed by atoms with E-state index in [9.17, 15) is 4.79 Å². The lowest BCUT2D eigenvalue weighted by Gasteiger charge is -1.94. The Morgan fingerprint density at radius 2 is 2.29 bits per heavy atom. The van der Waals surface area contributed by atoms with E-state index < -0.39 is 5.97 Å². The fourth-order valence-electron chi connectivity index (χ4n) is 1.28. The highest BCUT2D eigenvalue weighted by Gasteiger charge is 2.12. The average molecular weight is 253 g/mol. The predicted molar refractivity (Wildman–Crippen MR) is 61.6 cm³/mol. The number of carboxylic acids is 1. The van der Waals surface area contributed by atoms with E-state index in [-0.39, 0.29) is 5.75 Å². The Kier molecular flexibility index (Phi) is 3.14. The van der Waals surface area contributed by atoms with Crippen LogP contribution in [-0.4, -0.2) is 41.4 Å². The van der Waals surface area contributed by atoms with Gasteiger partial charge in [0.25, 0.3) is 0 Å². The van der Waals surface area contributed by atoms with Crippen molar-refractivity contribution in [1.82, 2.24) is 24.5 Å². The summed E-state index contributed by atoms with van der Waals surface area (Å²) in [4.78, 5) is 14.7. The molecule has 1 N–H and O–H groups in total. The van der Waals surface area contributed by atoms with Gasteiger partial charge >= 0.3 is 5.97 Å². The molecule has 2 rings (SSSR count). The highest BCUT2D eigenvalue weighted by Crippen LogP contribution is 2.20. The zero-order valence-corrected chi connectivity index (χ0v) is 10.2. The fourth-order valence-corrected chi connectivity index (χ4v) is 1.91. The molecule has 2 heterocycles. The summed E-state index contributed by atoms with van der Waals surface area (Å²) >= 11 is 1.14. The number of carbonyl (C=O) groups is 1. The largest absolute Gasteiger partial charge is 0.481 e. The van der Waals surface area contributed by atoms with Crippen LogP contribution in [-0.2, 0) is 18.9 Å². The number of aryl methyl sites for hydroxylation is 2. The maximum atomic E-state index is 10.5. The van der Waals surface area contributed by atoms with Gasteiger partial charge in [-0.05, 0) is 0 Å². The Labute approximate surface area is 101 Å². The van der Waals surface area contributed by atoms with E-state index in [2.05, 4.69) is 15.2 Å². The molecule has 2 aromatic rings. The van der Waals surface area contributed by atoms with E-state index in [1.807, 2.05) is 7.05 Å². The molecule has 0 spiro atoms. The number of aromatic nitrogens is 5. The maximum Gasteiger partial charge on any atom is 0.313 e. The quantitative estimate of drug-likeness (QED) is 0.793. The van der Waals surface area contributed by atoms with Gasteiger partial charge in [-0.1, -0.05) is 11.8 Å². The van der Waals surface area contributed by atoms with Gasteiger partial charge in [0.1, 0.15) is 0 Å². The van der Waals surface area contributed by atoms with E-state index in [1.54, 1.807) is 28.8 Å². The number of hydrogen-bond donors (Lipinski definition) is 1. The predicted octanol–water partition coefficient (Wildman–Crippen LogP) is 0.392. The summed E-state index contributed by atoms with van der Waals surface area (Å²) in [6, 6.07) is 0. The normalized spacial score (nSPS) is 10.7. The van der Waals surface area contributed by atoms with Crippen LogP contribution >= 0.6 is 11.8 Å². The van der Waals surface area contributed by atoms with Crippen molar-refractivity contribution >= 4 is 17.7 Å². The first kappa shape index (κ1) is 11.6. The standard InChI is InChI=1S/C9H11N5O2S/c1-13-4-6(3-10-13)8-11-9(14(2)12-8)17-5-7(15)16/h3-4H,5H2,1-2H3,(H,15,16). The molecule has 90 valence electrons. The number of rotatable bonds is 4. The molecule has 0 aliphatic carbocycles. The van der Waals surface area contributed by atoms with Gasteiger partial charge in [-0.25, -0.2) is 9.67 Å². The second kappa shape index (κ2) is 4.58. The molecule has 2 aromatic heterocycles. The molecular formula is C9H11N5O2S. The van der Waals surface area contributed by atoms with Crippen molar-refractivity contribution in [2.24, 2.45) is 14.1 Å².